The van der Waals surface area contributed by atoms with E-state index in [2.05, 4.69) is 26.2 Å². The summed E-state index contributed by atoms with van der Waals surface area (Å²) in [7, 11) is 1.80. The molecular formula is C16H18BrN3O. The Bertz CT molecular complexity index is 586. The molecule has 1 amide bonds. The van der Waals surface area contributed by atoms with Crippen LogP contribution in [0.5, 0.6) is 0 Å². The van der Waals surface area contributed by atoms with Crippen LogP contribution in [0.2, 0.25) is 0 Å². The van der Waals surface area contributed by atoms with Gasteiger partial charge in [-0.2, -0.15) is 0 Å². The summed E-state index contributed by atoms with van der Waals surface area (Å²) in [6.45, 7) is 2.23. The van der Waals surface area contributed by atoms with Crippen molar-refractivity contribution in [3.05, 3.63) is 58.8 Å². The third kappa shape index (κ3) is 4.29. The van der Waals surface area contributed by atoms with Crippen LogP contribution in [0.3, 0.4) is 0 Å². The van der Waals surface area contributed by atoms with E-state index in [0.717, 1.165) is 15.9 Å². The zero-order valence-electron chi connectivity index (χ0n) is 12.1. The largest absolute Gasteiger partial charge is 0.376 e. The van der Waals surface area contributed by atoms with E-state index in [-0.39, 0.29) is 18.5 Å². The molecule has 0 saturated heterocycles. The van der Waals surface area contributed by atoms with Crippen molar-refractivity contribution >= 4 is 27.5 Å². The van der Waals surface area contributed by atoms with E-state index < -0.39 is 0 Å². The van der Waals surface area contributed by atoms with Gasteiger partial charge in [-0.05, 0) is 43.3 Å². The molecule has 0 radical (unpaired) electrons. The zero-order valence-corrected chi connectivity index (χ0v) is 13.7. The number of anilines is 1. The molecule has 110 valence electrons. The van der Waals surface area contributed by atoms with E-state index in [9.17, 15) is 4.79 Å². The van der Waals surface area contributed by atoms with E-state index in [1.165, 1.54) is 0 Å². The molecule has 0 spiro atoms. The van der Waals surface area contributed by atoms with Crippen LogP contribution in [0.4, 0.5) is 5.69 Å². The molecule has 4 nitrogen and oxygen atoms in total. The van der Waals surface area contributed by atoms with Crippen LogP contribution in [0.15, 0.2) is 53.1 Å². The van der Waals surface area contributed by atoms with E-state index in [4.69, 9.17) is 0 Å². The summed E-state index contributed by atoms with van der Waals surface area (Å²) >= 11 is 3.38. The number of hydrogen-bond acceptors (Lipinski definition) is 3. The number of benzene rings is 1. The number of likely N-dealkylation sites (N-methyl/N-ethyl adjacent to an activating group) is 1. The number of amides is 1. The Balaban J connectivity index is 1.92. The molecule has 0 aliphatic heterocycles. The Morgan fingerprint density at radius 3 is 2.62 bits per heavy atom. The number of nitrogens with one attached hydrogen (secondary N) is 1. The van der Waals surface area contributed by atoms with Gasteiger partial charge in [0.2, 0.25) is 5.91 Å². The van der Waals surface area contributed by atoms with Gasteiger partial charge >= 0.3 is 0 Å². The minimum atomic E-state index is -0.0505. The Morgan fingerprint density at radius 2 is 2.00 bits per heavy atom. The van der Waals surface area contributed by atoms with Crippen molar-refractivity contribution in [2.45, 2.75) is 13.0 Å². The van der Waals surface area contributed by atoms with Gasteiger partial charge in [-0.15, -0.1) is 0 Å². The molecule has 0 aliphatic rings. The van der Waals surface area contributed by atoms with E-state index >= 15 is 0 Å². The highest BCUT2D eigenvalue weighted by molar-refractivity contribution is 9.10. The molecule has 0 unspecified atom stereocenters. The smallest absolute Gasteiger partial charge is 0.242 e. The number of hydrogen-bond donors (Lipinski definition) is 1. The highest BCUT2D eigenvalue weighted by Crippen LogP contribution is 2.17. The summed E-state index contributed by atoms with van der Waals surface area (Å²) in [6, 6.07) is 13.4. The first-order valence-corrected chi connectivity index (χ1v) is 7.53. The number of aromatic nitrogens is 1. The molecule has 1 atom stereocenters. The maximum absolute atomic E-state index is 12.2. The third-order valence-electron chi connectivity index (χ3n) is 3.38. The Labute approximate surface area is 133 Å². The van der Waals surface area contributed by atoms with Gasteiger partial charge in [-0.1, -0.05) is 22.0 Å². The number of halogens is 1. The summed E-state index contributed by atoms with van der Waals surface area (Å²) in [5.41, 5.74) is 1.81. The lowest BCUT2D eigenvalue weighted by Gasteiger charge is -2.24. The van der Waals surface area contributed by atoms with Gasteiger partial charge in [0.05, 0.1) is 18.3 Å². The quantitative estimate of drug-likeness (QED) is 0.900. The second-order valence-electron chi connectivity index (χ2n) is 4.80. The van der Waals surface area contributed by atoms with Crippen LogP contribution in [0, 0.1) is 0 Å². The molecule has 21 heavy (non-hydrogen) atoms. The highest BCUT2D eigenvalue weighted by Gasteiger charge is 2.17. The number of carbonyl (C=O) groups excluding carboxylic acids is 1. The molecule has 1 N–H and O–H groups in total. The summed E-state index contributed by atoms with van der Waals surface area (Å²) in [5.74, 6) is 0.0241. The molecule has 0 fully saturated rings. The molecular weight excluding hydrogens is 330 g/mol. The Hall–Kier alpha value is -1.88. The van der Waals surface area contributed by atoms with Crippen molar-refractivity contribution in [3.63, 3.8) is 0 Å². The van der Waals surface area contributed by atoms with Crippen LogP contribution < -0.4 is 5.32 Å². The minimum Gasteiger partial charge on any atom is -0.376 e. The summed E-state index contributed by atoms with van der Waals surface area (Å²) in [5, 5.41) is 3.13. The average Bonchev–Trinajstić information content (AvgIpc) is 2.53. The number of pyridine rings is 1. The summed E-state index contributed by atoms with van der Waals surface area (Å²) < 4.78 is 1.01. The second kappa shape index (κ2) is 7.22. The predicted molar refractivity (Wildman–Crippen MR) is 88.1 cm³/mol. The van der Waals surface area contributed by atoms with Crippen LogP contribution in [0.1, 0.15) is 18.7 Å². The van der Waals surface area contributed by atoms with Crippen molar-refractivity contribution in [1.82, 2.24) is 9.88 Å². The molecule has 1 heterocycles. The van der Waals surface area contributed by atoms with Crippen molar-refractivity contribution in [2.24, 2.45) is 0 Å². The molecule has 0 bridgehead atoms. The maximum atomic E-state index is 12.2. The van der Waals surface area contributed by atoms with Crippen LogP contribution in [-0.2, 0) is 4.79 Å². The van der Waals surface area contributed by atoms with Crippen molar-refractivity contribution < 1.29 is 4.79 Å². The highest BCUT2D eigenvalue weighted by atomic mass is 79.9. The minimum absolute atomic E-state index is 0.0241. The fourth-order valence-electron chi connectivity index (χ4n) is 1.91. The molecule has 5 heteroatoms. The number of carbonyl (C=O) groups is 1. The van der Waals surface area contributed by atoms with Gasteiger partial charge in [0.25, 0.3) is 0 Å². The lowest BCUT2D eigenvalue weighted by Crippen LogP contribution is -2.34. The predicted octanol–water partition coefficient (Wildman–Crippen LogP) is 3.48. The van der Waals surface area contributed by atoms with E-state index in [1.807, 2.05) is 49.4 Å². The monoisotopic (exact) mass is 347 g/mol. The first-order valence-electron chi connectivity index (χ1n) is 6.74. The average molecular weight is 348 g/mol. The standard InChI is InChI=1S/C16H18BrN3O/c1-12(15-5-3-4-10-18-15)20(2)16(21)11-19-14-8-6-13(17)7-9-14/h3-10,12,19H,11H2,1-2H3/t12-/m1/s1. The lowest BCUT2D eigenvalue weighted by molar-refractivity contribution is -0.129. The lowest BCUT2D eigenvalue weighted by atomic mass is 10.2. The molecule has 1 aromatic heterocycles. The van der Waals surface area contributed by atoms with Gasteiger partial charge in [0.15, 0.2) is 0 Å². The zero-order chi connectivity index (χ0) is 15.2. The van der Waals surface area contributed by atoms with Crippen LogP contribution >= 0.6 is 15.9 Å². The van der Waals surface area contributed by atoms with E-state index in [0.29, 0.717) is 0 Å². The summed E-state index contributed by atoms with van der Waals surface area (Å²) in [4.78, 5) is 18.2. The fourth-order valence-corrected chi connectivity index (χ4v) is 2.17. The molecule has 0 saturated carbocycles. The van der Waals surface area contributed by atoms with Gasteiger partial charge in [0, 0.05) is 23.4 Å². The first-order chi connectivity index (χ1) is 10.1. The van der Waals surface area contributed by atoms with Gasteiger partial charge in [-0.25, -0.2) is 0 Å². The Kier molecular flexibility index (Phi) is 5.33. The van der Waals surface area contributed by atoms with Crippen molar-refractivity contribution in [3.8, 4) is 0 Å². The van der Waals surface area contributed by atoms with Crippen molar-refractivity contribution in [2.75, 3.05) is 18.9 Å². The fraction of sp³-hybridized carbons (Fsp3) is 0.250. The van der Waals surface area contributed by atoms with E-state index in [1.54, 1.807) is 18.1 Å². The first kappa shape index (κ1) is 15.5. The second-order valence-corrected chi connectivity index (χ2v) is 5.71. The molecule has 0 aliphatic carbocycles. The molecule has 2 rings (SSSR count). The molecule has 2 aromatic rings. The Morgan fingerprint density at radius 1 is 1.29 bits per heavy atom. The van der Waals surface area contributed by atoms with Gasteiger partial charge in [0.1, 0.15) is 0 Å². The van der Waals surface area contributed by atoms with Gasteiger partial charge in [-0.3, -0.25) is 9.78 Å². The normalized spacial score (nSPS) is 11.8. The SMILES string of the molecule is C[C@H](c1ccccn1)N(C)C(=O)CNc1ccc(Br)cc1. The topological polar surface area (TPSA) is 45.2 Å². The number of nitrogens with zero attached hydrogens (tertiary/aromatic N) is 2. The summed E-state index contributed by atoms with van der Waals surface area (Å²) in [6.07, 6.45) is 1.74. The van der Waals surface area contributed by atoms with Crippen LogP contribution in [0.25, 0.3) is 0 Å². The maximum Gasteiger partial charge on any atom is 0.242 e. The molecule has 1 aromatic carbocycles. The van der Waals surface area contributed by atoms with Crippen LogP contribution in [-0.4, -0.2) is 29.4 Å². The number of rotatable bonds is 5. The van der Waals surface area contributed by atoms with Crippen molar-refractivity contribution in [1.29, 1.82) is 0 Å². The van der Waals surface area contributed by atoms with Gasteiger partial charge < -0.3 is 10.2 Å². The third-order valence-corrected chi connectivity index (χ3v) is 3.91.